The summed E-state index contributed by atoms with van der Waals surface area (Å²) in [4.78, 5) is 0. The normalized spacial score (nSPS) is 23.3. The summed E-state index contributed by atoms with van der Waals surface area (Å²) in [5.74, 6) is 1.74. The van der Waals surface area contributed by atoms with E-state index in [0.29, 0.717) is 0 Å². The zero-order valence-electron chi connectivity index (χ0n) is 8.77. The molecule has 0 heteroatoms. The van der Waals surface area contributed by atoms with Crippen LogP contribution in [0.5, 0.6) is 0 Å². The van der Waals surface area contributed by atoms with Gasteiger partial charge in [-0.3, -0.25) is 0 Å². The van der Waals surface area contributed by atoms with Crippen LogP contribution in [0.3, 0.4) is 0 Å². The molecule has 0 fully saturated rings. The first-order valence-corrected chi connectivity index (χ1v) is 5.43. The second-order valence-electron chi connectivity index (χ2n) is 4.38. The molecule has 1 aliphatic rings. The Hall–Kier alpha value is -0.260. The molecule has 0 saturated carbocycles. The summed E-state index contributed by atoms with van der Waals surface area (Å²) in [5, 5.41) is 0. The molecule has 70 valence electrons. The van der Waals surface area contributed by atoms with E-state index in [9.17, 15) is 0 Å². The molecule has 0 amide bonds. The molecule has 1 unspecified atom stereocenters. The Kier molecular flexibility index (Phi) is 3.84. The van der Waals surface area contributed by atoms with E-state index in [1.807, 2.05) is 0 Å². The smallest absolute Gasteiger partial charge is 0.0205 e. The van der Waals surface area contributed by atoms with Gasteiger partial charge in [0.2, 0.25) is 0 Å². The SMILES string of the molecule is CCCCC1=CC(C(C)C)CC1. The summed E-state index contributed by atoms with van der Waals surface area (Å²) in [7, 11) is 0. The molecule has 1 aliphatic carbocycles. The van der Waals surface area contributed by atoms with Gasteiger partial charge in [-0.05, 0) is 37.5 Å². The van der Waals surface area contributed by atoms with E-state index in [1.165, 1.54) is 32.1 Å². The van der Waals surface area contributed by atoms with Crippen LogP contribution >= 0.6 is 0 Å². The average Bonchev–Trinajstić information content (AvgIpc) is 2.48. The first kappa shape index (κ1) is 9.83. The predicted octanol–water partition coefficient (Wildman–Crippen LogP) is 4.17. The predicted molar refractivity (Wildman–Crippen MR) is 55.2 cm³/mol. The van der Waals surface area contributed by atoms with E-state index in [1.54, 1.807) is 5.57 Å². The lowest BCUT2D eigenvalue weighted by molar-refractivity contribution is 0.458. The van der Waals surface area contributed by atoms with E-state index < -0.39 is 0 Å². The van der Waals surface area contributed by atoms with E-state index in [0.717, 1.165) is 11.8 Å². The molecule has 0 saturated heterocycles. The molecule has 0 aliphatic heterocycles. The molecule has 0 spiro atoms. The van der Waals surface area contributed by atoms with Crippen molar-refractivity contribution in [1.29, 1.82) is 0 Å². The first-order valence-electron chi connectivity index (χ1n) is 5.43. The highest BCUT2D eigenvalue weighted by atomic mass is 14.2. The fraction of sp³-hybridized carbons (Fsp3) is 0.833. The molecular weight excluding hydrogens is 144 g/mol. The minimum absolute atomic E-state index is 0.851. The second kappa shape index (κ2) is 4.69. The van der Waals surface area contributed by atoms with E-state index in [4.69, 9.17) is 0 Å². The largest absolute Gasteiger partial charge is 0.0819 e. The minimum Gasteiger partial charge on any atom is -0.0819 e. The monoisotopic (exact) mass is 166 g/mol. The fourth-order valence-electron chi connectivity index (χ4n) is 1.96. The van der Waals surface area contributed by atoms with E-state index in [-0.39, 0.29) is 0 Å². The number of hydrogen-bond donors (Lipinski definition) is 0. The van der Waals surface area contributed by atoms with E-state index in [2.05, 4.69) is 26.8 Å². The lowest BCUT2D eigenvalue weighted by atomic mass is 9.96. The van der Waals surface area contributed by atoms with Crippen LogP contribution in [0.25, 0.3) is 0 Å². The van der Waals surface area contributed by atoms with Crippen molar-refractivity contribution >= 4 is 0 Å². The van der Waals surface area contributed by atoms with Gasteiger partial charge in [0.1, 0.15) is 0 Å². The standard InChI is InChI=1S/C12H22/c1-4-5-6-11-7-8-12(9-11)10(2)3/h9-10,12H,4-8H2,1-3H3. The minimum atomic E-state index is 0.851. The third-order valence-electron chi connectivity index (χ3n) is 2.96. The lowest BCUT2D eigenvalue weighted by Crippen LogP contribution is -2.00. The van der Waals surface area contributed by atoms with Gasteiger partial charge in [-0.1, -0.05) is 38.8 Å². The van der Waals surface area contributed by atoms with Gasteiger partial charge in [0.05, 0.1) is 0 Å². The van der Waals surface area contributed by atoms with Gasteiger partial charge >= 0.3 is 0 Å². The Bertz CT molecular complexity index is 153. The quantitative estimate of drug-likeness (QED) is 0.550. The molecule has 0 nitrogen and oxygen atoms in total. The molecule has 0 heterocycles. The Balaban J connectivity index is 2.32. The van der Waals surface area contributed by atoms with Crippen molar-refractivity contribution in [3.05, 3.63) is 11.6 Å². The molecule has 1 rings (SSSR count). The fourth-order valence-corrected chi connectivity index (χ4v) is 1.96. The molecular formula is C12H22. The summed E-state index contributed by atoms with van der Waals surface area (Å²) < 4.78 is 0. The molecule has 0 N–H and O–H groups in total. The van der Waals surface area contributed by atoms with Crippen LogP contribution in [0.4, 0.5) is 0 Å². The van der Waals surface area contributed by atoms with Gasteiger partial charge in [-0.2, -0.15) is 0 Å². The number of unbranched alkanes of at least 4 members (excludes halogenated alkanes) is 1. The third-order valence-corrected chi connectivity index (χ3v) is 2.96. The van der Waals surface area contributed by atoms with Gasteiger partial charge in [-0.15, -0.1) is 0 Å². The average molecular weight is 166 g/mol. The maximum atomic E-state index is 2.54. The van der Waals surface area contributed by atoms with Crippen molar-refractivity contribution in [2.75, 3.05) is 0 Å². The number of allylic oxidation sites excluding steroid dienone is 2. The zero-order valence-corrected chi connectivity index (χ0v) is 8.77. The van der Waals surface area contributed by atoms with Crippen LogP contribution in [-0.2, 0) is 0 Å². The van der Waals surface area contributed by atoms with Gasteiger partial charge in [0.25, 0.3) is 0 Å². The second-order valence-corrected chi connectivity index (χ2v) is 4.38. The molecule has 0 radical (unpaired) electrons. The number of rotatable bonds is 4. The van der Waals surface area contributed by atoms with Crippen LogP contribution in [0, 0.1) is 11.8 Å². The summed E-state index contributed by atoms with van der Waals surface area (Å²) in [6.45, 7) is 6.95. The first-order chi connectivity index (χ1) is 5.74. The maximum absolute atomic E-state index is 2.54. The van der Waals surface area contributed by atoms with Crippen LogP contribution < -0.4 is 0 Å². The highest BCUT2D eigenvalue weighted by Gasteiger charge is 2.17. The summed E-state index contributed by atoms with van der Waals surface area (Å²) in [6, 6.07) is 0. The summed E-state index contributed by atoms with van der Waals surface area (Å²) in [6.07, 6.45) is 9.42. The lowest BCUT2D eigenvalue weighted by Gasteiger charge is -2.09. The van der Waals surface area contributed by atoms with Crippen molar-refractivity contribution in [3.63, 3.8) is 0 Å². The van der Waals surface area contributed by atoms with Gasteiger partial charge < -0.3 is 0 Å². The topological polar surface area (TPSA) is 0 Å². The van der Waals surface area contributed by atoms with Crippen LogP contribution in [0.1, 0.15) is 52.9 Å². The van der Waals surface area contributed by atoms with Gasteiger partial charge in [0.15, 0.2) is 0 Å². The van der Waals surface area contributed by atoms with Crippen molar-refractivity contribution in [1.82, 2.24) is 0 Å². The van der Waals surface area contributed by atoms with Crippen molar-refractivity contribution in [2.45, 2.75) is 52.9 Å². The highest BCUT2D eigenvalue weighted by molar-refractivity contribution is 5.11. The van der Waals surface area contributed by atoms with Gasteiger partial charge in [0, 0.05) is 0 Å². The van der Waals surface area contributed by atoms with Gasteiger partial charge in [-0.25, -0.2) is 0 Å². The van der Waals surface area contributed by atoms with Crippen molar-refractivity contribution in [2.24, 2.45) is 11.8 Å². The van der Waals surface area contributed by atoms with Crippen LogP contribution in [-0.4, -0.2) is 0 Å². The Morgan fingerprint density at radius 1 is 1.50 bits per heavy atom. The molecule has 0 bridgehead atoms. The molecule has 0 aromatic carbocycles. The Labute approximate surface area is 77.1 Å². The van der Waals surface area contributed by atoms with Crippen LogP contribution in [0.2, 0.25) is 0 Å². The summed E-state index contributed by atoms with van der Waals surface area (Å²) in [5.41, 5.74) is 1.73. The van der Waals surface area contributed by atoms with Crippen LogP contribution in [0.15, 0.2) is 11.6 Å². The summed E-state index contributed by atoms with van der Waals surface area (Å²) >= 11 is 0. The Morgan fingerprint density at radius 3 is 2.75 bits per heavy atom. The van der Waals surface area contributed by atoms with E-state index >= 15 is 0 Å². The molecule has 0 aromatic heterocycles. The maximum Gasteiger partial charge on any atom is -0.0205 e. The molecule has 1 atom stereocenters. The number of hydrogen-bond acceptors (Lipinski definition) is 0. The Morgan fingerprint density at radius 2 is 2.25 bits per heavy atom. The highest BCUT2D eigenvalue weighted by Crippen LogP contribution is 2.31. The zero-order chi connectivity index (χ0) is 8.97. The molecule has 0 aromatic rings. The molecule has 12 heavy (non-hydrogen) atoms. The third kappa shape index (κ3) is 2.66. The van der Waals surface area contributed by atoms with Crippen molar-refractivity contribution in [3.8, 4) is 0 Å². The van der Waals surface area contributed by atoms with Crippen molar-refractivity contribution < 1.29 is 0 Å².